The molecular formula is C32H40F2N8O2. The molecule has 0 bridgehead atoms. The number of amides is 1. The van der Waals surface area contributed by atoms with E-state index < -0.39 is 17.8 Å². The number of hydrogen-bond acceptors (Lipinski definition) is 9. The van der Waals surface area contributed by atoms with Crippen LogP contribution >= 0.6 is 0 Å². The van der Waals surface area contributed by atoms with Gasteiger partial charge in [-0.3, -0.25) is 4.79 Å². The summed E-state index contributed by atoms with van der Waals surface area (Å²) in [5.74, 6) is -1.22. The molecular weight excluding hydrogens is 566 g/mol. The monoisotopic (exact) mass is 606 g/mol. The molecule has 4 aliphatic heterocycles. The van der Waals surface area contributed by atoms with Gasteiger partial charge in [-0.1, -0.05) is 6.58 Å². The highest BCUT2D eigenvalue weighted by Crippen LogP contribution is 2.36. The highest BCUT2D eigenvalue weighted by Gasteiger charge is 2.35. The number of nitrogens with zero attached hydrogens (tertiary/aromatic N) is 8. The number of hydrogen-bond donors (Lipinski definition) is 0. The first-order chi connectivity index (χ1) is 21.2. The molecule has 5 heterocycles. The molecule has 12 heteroatoms. The van der Waals surface area contributed by atoms with E-state index in [0.29, 0.717) is 57.8 Å². The Bertz CT molecular complexity index is 1480. The Morgan fingerprint density at radius 3 is 2.61 bits per heavy atom. The molecule has 2 fully saturated rings. The minimum Gasteiger partial charge on any atom is -0.462 e. The summed E-state index contributed by atoms with van der Waals surface area (Å²) in [7, 11) is 4.11. The molecule has 6 rings (SSSR count). The second-order valence-corrected chi connectivity index (χ2v) is 12.4. The van der Waals surface area contributed by atoms with Crippen molar-refractivity contribution < 1.29 is 18.3 Å². The molecule has 2 saturated heterocycles. The van der Waals surface area contributed by atoms with Crippen molar-refractivity contribution >= 4 is 17.4 Å². The summed E-state index contributed by atoms with van der Waals surface area (Å²) in [6.45, 7) is 8.41. The van der Waals surface area contributed by atoms with Crippen molar-refractivity contribution in [2.45, 2.75) is 57.3 Å². The molecule has 0 saturated carbocycles. The van der Waals surface area contributed by atoms with Crippen molar-refractivity contribution in [3.05, 3.63) is 52.7 Å². The Morgan fingerprint density at radius 1 is 1.05 bits per heavy atom. The van der Waals surface area contributed by atoms with Crippen LogP contribution in [-0.4, -0.2) is 103 Å². The van der Waals surface area contributed by atoms with Gasteiger partial charge in [0, 0.05) is 62.1 Å². The first-order valence-electron chi connectivity index (χ1n) is 15.5. The van der Waals surface area contributed by atoms with Gasteiger partial charge < -0.3 is 29.2 Å². The quantitative estimate of drug-likeness (QED) is 0.441. The number of carbonyl (C=O) groups is 1. The van der Waals surface area contributed by atoms with Gasteiger partial charge in [-0.25, -0.2) is 8.78 Å². The number of aromatic nitrogens is 2. The lowest BCUT2D eigenvalue weighted by atomic mass is 9.95. The van der Waals surface area contributed by atoms with E-state index in [1.807, 2.05) is 13.1 Å². The van der Waals surface area contributed by atoms with Crippen LogP contribution < -0.4 is 14.5 Å². The number of piperazine rings is 1. The number of anilines is 2. The fourth-order valence-electron chi connectivity index (χ4n) is 7.08. The van der Waals surface area contributed by atoms with E-state index in [1.54, 1.807) is 6.07 Å². The lowest BCUT2D eigenvalue weighted by Gasteiger charge is -2.42. The maximum absolute atomic E-state index is 14.8. The SMILES string of the molecule is C=C(F)C(=O)N1CCN(c2nc(OC[C@@H]3CCCN3C)nc3c2CCN(c2ccc(F)c4c2CCN(C)C4)C3)C[C@@H]1CC#N. The molecule has 1 aromatic heterocycles. The maximum Gasteiger partial charge on any atom is 0.318 e. The van der Waals surface area contributed by atoms with Crippen LogP contribution in [0.2, 0.25) is 0 Å². The standard InChI is InChI=1S/C32H40F2N8O2/c1-21(33)31(43)42-16-15-41(17-22(42)8-11-35)30-25-10-14-40(29-7-6-27(34)26-18-38(2)13-9-24(26)29)19-28(25)36-32(37-30)44-20-23-5-4-12-39(23)3/h6-7,22-23H,1,4-5,8-10,12-20H2,2-3H3/t22-,23-/m0/s1. The summed E-state index contributed by atoms with van der Waals surface area (Å²) in [4.78, 5) is 32.5. The van der Waals surface area contributed by atoms with Crippen molar-refractivity contribution in [1.82, 2.24) is 24.7 Å². The van der Waals surface area contributed by atoms with Gasteiger partial charge in [0.1, 0.15) is 18.2 Å². The van der Waals surface area contributed by atoms with Crippen LogP contribution in [0.1, 0.15) is 41.6 Å². The Morgan fingerprint density at radius 2 is 1.86 bits per heavy atom. The molecule has 1 amide bonds. The van der Waals surface area contributed by atoms with Gasteiger partial charge >= 0.3 is 6.01 Å². The van der Waals surface area contributed by atoms with E-state index in [-0.39, 0.29) is 18.8 Å². The van der Waals surface area contributed by atoms with E-state index in [4.69, 9.17) is 14.7 Å². The highest BCUT2D eigenvalue weighted by molar-refractivity contribution is 5.91. The minimum atomic E-state index is -1.02. The third kappa shape index (κ3) is 5.95. The largest absolute Gasteiger partial charge is 0.462 e. The molecule has 234 valence electrons. The van der Waals surface area contributed by atoms with Gasteiger partial charge in [-0.05, 0) is 64.0 Å². The average molecular weight is 607 g/mol. The van der Waals surface area contributed by atoms with Gasteiger partial charge in [-0.15, -0.1) is 0 Å². The second-order valence-electron chi connectivity index (χ2n) is 12.4. The number of nitriles is 1. The first-order valence-corrected chi connectivity index (χ1v) is 15.5. The van der Waals surface area contributed by atoms with E-state index in [2.05, 4.69) is 39.3 Å². The van der Waals surface area contributed by atoms with Gasteiger partial charge in [0.05, 0.1) is 30.8 Å². The van der Waals surface area contributed by atoms with E-state index in [0.717, 1.165) is 66.2 Å². The lowest BCUT2D eigenvalue weighted by molar-refractivity contribution is -0.131. The summed E-state index contributed by atoms with van der Waals surface area (Å²) >= 11 is 0. The Labute approximate surface area is 257 Å². The van der Waals surface area contributed by atoms with Crippen LogP contribution in [0.15, 0.2) is 24.5 Å². The maximum atomic E-state index is 14.8. The predicted molar refractivity (Wildman–Crippen MR) is 163 cm³/mol. The zero-order chi connectivity index (χ0) is 31.0. The normalized spacial score (nSPS) is 22.4. The molecule has 0 spiro atoms. The first kappa shape index (κ1) is 30.2. The van der Waals surface area contributed by atoms with Crippen LogP contribution in [0, 0.1) is 17.1 Å². The van der Waals surface area contributed by atoms with Gasteiger partial charge in [0.2, 0.25) is 0 Å². The molecule has 10 nitrogen and oxygen atoms in total. The number of carbonyl (C=O) groups excluding carboxylic acids is 1. The van der Waals surface area contributed by atoms with E-state index in [1.165, 1.54) is 4.90 Å². The number of ether oxygens (including phenoxy) is 1. The van der Waals surface area contributed by atoms with E-state index in [9.17, 15) is 18.8 Å². The fraction of sp³-hybridized carbons (Fsp3) is 0.562. The third-order valence-electron chi connectivity index (χ3n) is 9.56. The minimum absolute atomic E-state index is 0.0683. The third-order valence-corrected chi connectivity index (χ3v) is 9.56. The zero-order valence-corrected chi connectivity index (χ0v) is 25.6. The molecule has 2 atom stereocenters. The Hall–Kier alpha value is -3.82. The Balaban J connectivity index is 1.32. The lowest BCUT2D eigenvalue weighted by Crippen LogP contribution is -2.55. The molecule has 2 aromatic rings. The van der Waals surface area contributed by atoms with Gasteiger partial charge in [-0.2, -0.15) is 15.2 Å². The Kier molecular flexibility index (Phi) is 8.69. The molecule has 1 aromatic carbocycles. The van der Waals surface area contributed by atoms with Crippen LogP contribution in [0.25, 0.3) is 0 Å². The molecule has 4 aliphatic rings. The molecule has 0 radical (unpaired) electrons. The van der Waals surface area contributed by atoms with Crippen molar-refractivity contribution in [1.29, 1.82) is 5.26 Å². The van der Waals surface area contributed by atoms with Gasteiger partial charge in [0.15, 0.2) is 5.83 Å². The number of fused-ring (bicyclic) bond motifs is 2. The summed E-state index contributed by atoms with van der Waals surface area (Å²) in [6.07, 6.45) is 3.71. The van der Waals surface area contributed by atoms with Crippen LogP contribution in [-0.2, 0) is 30.7 Å². The van der Waals surface area contributed by atoms with Crippen LogP contribution in [0.4, 0.5) is 20.3 Å². The summed E-state index contributed by atoms with van der Waals surface area (Å²) in [5.41, 5.74) is 4.74. The molecule has 0 unspecified atom stereocenters. The second kappa shape index (κ2) is 12.7. The number of benzene rings is 1. The smallest absolute Gasteiger partial charge is 0.318 e. The van der Waals surface area contributed by atoms with Crippen LogP contribution in [0.5, 0.6) is 6.01 Å². The zero-order valence-electron chi connectivity index (χ0n) is 25.6. The summed E-state index contributed by atoms with van der Waals surface area (Å²) in [5, 5.41) is 9.49. The number of rotatable bonds is 7. The number of likely N-dealkylation sites (N-methyl/N-ethyl adjacent to an activating group) is 2. The van der Waals surface area contributed by atoms with Crippen molar-refractivity contribution in [3.63, 3.8) is 0 Å². The molecule has 0 aliphatic carbocycles. The topological polar surface area (TPSA) is 92.1 Å². The predicted octanol–water partition coefficient (Wildman–Crippen LogP) is 3.05. The fourth-order valence-corrected chi connectivity index (χ4v) is 7.08. The van der Waals surface area contributed by atoms with Crippen molar-refractivity contribution in [3.8, 4) is 12.1 Å². The average Bonchev–Trinajstić information content (AvgIpc) is 3.43. The highest BCUT2D eigenvalue weighted by atomic mass is 19.1. The summed E-state index contributed by atoms with van der Waals surface area (Å²) < 4.78 is 34.9. The molecule has 0 N–H and O–H groups in total. The number of likely N-dealkylation sites (tertiary alicyclic amines) is 1. The number of halogens is 2. The van der Waals surface area contributed by atoms with Crippen molar-refractivity contribution in [2.24, 2.45) is 0 Å². The van der Waals surface area contributed by atoms with Crippen molar-refractivity contribution in [2.75, 3.05) is 69.8 Å². The summed E-state index contributed by atoms with van der Waals surface area (Å²) in [6, 6.07) is 5.70. The van der Waals surface area contributed by atoms with E-state index >= 15 is 0 Å². The van der Waals surface area contributed by atoms with Crippen LogP contribution in [0.3, 0.4) is 0 Å². The molecule has 44 heavy (non-hydrogen) atoms. The van der Waals surface area contributed by atoms with Gasteiger partial charge in [0.25, 0.3) is 5.91 Å².